The summed E-state index contributed by atoms with van der Waals surface area (Å²) in [5, 5.41) is 17.4. The van der Waals surface area contributed by atoms with Gasteiger partial charge in [-0.1, -0.05) is 42.5 Å². The van der Waals surface area contributed by atoms with E-state index in [2.05, 4.69) is 10.6 Å². The van der Waals surface area contributed by atoms with Crippen LogP contribution in [0.25, 0.3) is 10.8 Å². The Kier molecular flexibility index (Phi) is 4.44. The monoisotopic (exact) mass is 336 g/mol. The zero-order chi connectivity index (χ0) is 17.1. The fraction of sp³-hybridized carbons (Fsp3) is 0.0526. The van der Waals surface area contributed by atoms with Crippen LogP contribution in [0.1, 0.15) is 15.9 Å². The van der Waals surface area contributed by atoms with Crippen LogP contribution in [-0.2, 0) is 0 Å². The van der Waals surface area contributed by atoms with E-state index in [1.54, 1.807) is 18.2 Å². The SMILES string of the molecule is Cc1ccccc1C(=O)NC(=S)Nc1cccc2c(O)cccc12. The van der Waals surface area contributed by atoms with E-state index in [4.69, 9.17) is 12.2 Å². The molecule has 0 spiro atoms. The lowest BCUT2D eigenvalue weighted by atomic mass is 10.1. The first-order valence-corrected chi connectivity index (χ1v) is 7.86. The van der Waals surface area contributed by atoms with Crippen molar-refractivity contribution in [3.8, 4) is 5.75 Å². The average molecular weight is 336 g/mol. The molecule has 0 aliphatic rings. The molecule has 0 aliphatic carbocycles. The Morgan fingerprint density at radius 2 is 1.67 bits per heavy atom. The van der Waals surface area contributed by atoms with Crippen molar-refractivity contribution in [1.29, 1.82) is 0 Å². The van der Waals surface area contributed by atoms with Gasteiger partial charge in [-0.2, -0.15) is 0 Å². The van der Waals surface area contributed by atoms with Crippen LogP contribution in [0.4, 0.5) is 5.69 Å². The summed E-state index contributed by atoms with van der Waals surface area (Å²) in [6.45, 7) is 1.87. The number of hydrogen-bond acceptors (Lipinski definition) is 3. The van der Waals surface area contributed by atoms with Crippen molar-refractivity contribution in [3.63, 3.8) is 0 Å². The lowest BCUT2D eigenvalue weighted by molar-refractivity contribution is 0.0977. The van der Waals surface area contributed by atoms with Crippen molar-refractivity contribution in [3.05, 3.63) is 71.8 Å². The number of anilines is 1. The highest BCUT2D eigenvalue weighted by Crippen LogP contribution is 2.29. The van der Waals surface area contributed by atoms with E-state index in [1.807, 2.05) is 49.4 Å². The number of amides is 1. The molecule has 5 heteroatoms. The summed E-state index contributed by atoms with van der Waals surface area (Å²) in [4.78, 5) is 12.3. The predicted molar refractivity (Wildman–Crippen MR) is 100 cm³/mol. The van der Waals surface area contributed by atoms with Gasteiger partial charge in [0.2, 0.25) is 0 Å². The Balaban J connectivity index is 1.80. The lowest BCUT2D eigenvalue weighted by Gasteiger charge is -2.13. The summed E-state index contributed by atoms with van der Waals surface area (Å²) >= 11 is 5.25. The number of thiocarbonyl (C=S) groups is 1. The average Bonchev–Trinajstić information content (AvgIpc) is 2.56. The fourth-order valence-corrected chi connectivity index (χ4v) is 2.76. The van der Waals surface area contributed by atoms with E-state index in [0.29, 0.717) is 5.56 Å². The zero-order valence-electron chi connectivity index (χ0n) is 13.0. The van der Waals surface area contributed by atoms with Crippen molar-refractivity contribution < 1.29 is 9.90 Å². The minimum atomic E-state index is -0.256. The number of carbonyl (C=O) groups excluding carboxylic acids is 1. The smallest absolute Gasteiger partial charge is 0.257 e. The van der Waals surface area contributed by atoms with Crippen LogP contribution in [0.5, 0.6) is 5.75 Å². The maximum absolute atomic E-state index is 12.3. The summed E-state index contributed by atoms with van der Waals surface area (Å²) in [5.41, 5.74) is 2.18. The molecular formula is C19H16N2O2S. The highest BCUT2D eigenvalue weighted by atomic mass is 32.1. The first-order valence-electron chi connectivity index (χ1n) is 7.45. The van der Waals surface area contributed by atoms with Crippen LogP contribution >= 0.6 is 12.2 Å². The van der Waals surface area contributed by atoms with Gasteiger partial charge in [-0.3, -0.25) is 10.1 Å². The van der Waals surface area contributed by atoms with Crippen molar-refractivity contribution in [1.82, 2.24) is 5.32 Å². The van der Waals surface area contributed by atoms with Crippen LogP contribution in [0, 0.1) is 6.92 Å². The number of rotatable bonds is 2. The van der Waals surface area contributed by atoms with Crippen molar-refractivity contribution >= 4 is 39.7 Å². The van der Waals surface area contributed by atoms with E-state index in [0.717, 1.165) is 22.0 Å². The van der Waals surface area contributed by atoms with Gasteiger partial charge in [0.1, 0.15) is 5.75 Å². The molecule has 0 aromatic heterocycles. The van der Waals surface area contributed by atoms with Crippen LogP contribution in [0.2, 0.25) is 0 Å². The van der Waals surface area contributed by atoms with Crippen molar-refractivity contribution in [2.24, 2.45) is 0 Å². The van der Waals surface area contributed by atoms with Gasteiger partial charge in [0.25, 0.3) is 5.91 Å². The van der Waals surface area contributed by atoms with Gasteiger partial charge in [0.15, 0.2) is 5.11 Å². The van der Waals surface area contributed by atoms with Gasteiger partial charge < -0.3 is 10.4 Å². The quantitative estimate of drug-likeness (QED) is 0.620. The third kappa shape index (κ3) is 3.21. The number of aromatic hydroxyl groups is 1. The largest absolute Gasteiger partial charge is 0.507 e. The third-order valence-corrected chi connectivity index (χ3v) is 3.97. The Bertz CT molecular complexity index is 938. The molecule has 3 N–H and O–H groups in total. The molecule has 0 radical (unpaired) electrons. The van der Waals surface area contributed by atoms with E-state index >= 15 is 0 Å². The van der Waals surface area contributed by atoms with Crippen LogP contribution in [0.15, 0.2) is 60.7 Å². The molecule has 0 aliphatic heterocycles. The van der Waals surface area contributed by atoms with Gasteiger partial charge in [-0.15, -0.1) is 0 Å². The first kappa shape index (κ1) is 16.0. The molecule has 0 bridgehead atoms. The summed E-state index contributed by atoms with van der Waals surface area (Å²) in [6.07, 6.45) is 0. The fourth-order valence-electron chi connectivity index (χ4n) is 2.55. The van der Waals surface area contributed by atoms with Crippen LogP contribution < -0.4 is 10.6 Å². The van der Waals surface area contributed by atoms with E-state index in [-0.39, 0.29) is 16.8 Å². The molecule has 0 heterocycles. The van der Waals surface area contributed by atoms with E-state index in [1.165, 1.54) is 0 Å². The molecule has 1 amide bonds. The van der Waals surface area contributed by atoms with Crippen LogP contribution in [0.3, 0.4) is 0 Å². The summed E-state index contributed by atoms with van der Waals surface area (Å²) < 4.78 is 0. The van der Waals surface area contributed by atoms with Gasteiger partial charge in [0, 0.05) is 22.0 Å². The highest BCUT2D eigenvalue weighted by Gasteiger charge is 2.11. The number of hydrogen-bond donors (Lipinski definition) is 3. The molecule has 0 fully saturated rings. The third-order valence-electron chi connectivity index (χ3n) is 3.76. The standard InChI is InChI=1S/C19H16N2O2S/c1-12-6-2-3-7-13(12)18(23)21-19(24)20-16-10-4-9-15-14(16)8-5-11-17(15)22/h2-11,22H,1H3,(H2,20,21,23,24). The number of aryl methyl sites for hydroxylation is 1. The normalized spacial score (nSPS) is 10.4. The molecule has 120 valence electrons. The van der Waals surface area contributed by atoms with Gasteiger partial charge in [-0.25, -0.2) is 0 Å². The Hall–Kier alpha value is -2.92. The minimum absolute atomic E-state index is 0.200. The Labute approximate surface area is 145 Å². The van der Waals surface area contributed by atoms with Crippen molar-refractivity contribution in [2.45, 2.75) is 6.92 Å². The number of fused-ring (bicyclic) bond motifs is 1. The Morgan fingerprint density at radius 1 is 0.958 bits per heavy atom. The molecule has 0 atom stereocenters. The van der Waals surface area contributed by atoms with Crippen LogP contribution in [-0.4, -0.2) is 16.1 Å². The molecule has 3 aromatic carbocycles. The number of phenols is 1. The van der Waals surface area contributed by atoms with Gasteiger partial charge in [-0.05, 0) is 42.9 Å². The second-order valence-electron chi connectivity index (χ2n) is 5.40. The molecule has 3 aromatic rings. The Morgan fingerprint density at radius 3 is 2.46 bits per heavy atom. The number of phenolic OH excluding ortho intramolecular Hbond substituents is 1. The zero-order valence-corrected chi connectivity index (χ0v) is 13.9. The van der Waals surface area contributed by atoms with Gasteiger partial charge in [0.05, 0.1) is 0 Å². The molecule has 24 heavy (non-hydrogen) atoms. The maximum atomic E-state index is 12.3. The first-order chi connectivity index (χ1) is 11.6. The summed E-state index contributed by atoms with van der Waals surface area (Å²) in [5.74, 6) is -0.0558. The number of nitrogens with one attached hydrogen (secondary N) is 2. The molecular weight excluding hydrogens is 320 g/mol. The predicted octanol–water partition coefficient (Wildman–Crippen LogP) is 3.98. The minimum Gasteiger partial charge on any atom is -0.507 e. The van der Waals surface area contributed by atoms with Gasteiger partial charge >= 0.3 is 0 Å². The summed E-state index contributed by atoms with van der Waals surface area (Å²) in [6, 6.07) is 18.1. The molecule has 0 unspecified atom stereocenters. The number of benzene rings is 3. The second-order valence-corrected chi connectivity index (χ2v) is 5.81. The number of carbonyl (C=O) groups is 1. The lowest BCUT2D eigenvalue weighted by Crippen LogP contribution is -2.34. The topological polar surface area (TPSA) is 61.4 Å². The second kappa shape index (κ2) is 6.68. The molecule has 4 nitrogen and oxygen atoms in total. The molecule has 3 rings (SSSR count). The molecule has 0 saturated heterocycles. The maximum Gasteiger partial charge on any atom is 0.257 e. The van der Waals surface area contributed by atoms with E-state index < -0.39 is 0 Å². The summed E-state index contributed by atoms with van der Waals surface area (Å²) in [7, 11) is 0. The molecule has 0 saturated carbocycles. The van der Waals surface area contributed by atoms with E-state index in [9.17, 15) is 9.90 Å². The highest BCUT2D eigenvalue weighted by molar-refractivity contribution is 7.80. The van der Waals surface area contributed by atoms with Crippen molar-refractivity contribution in [2.75, 3.05) is 5.32 Å².